The second kappa shape index (κ2) is 42.0. The van der Waals surface area contributed by atoms with Crippen LogP contribution in [0.3, 0.4) is 0 Å². The summed E-state index contributed by atoms with van der Waals surface area (Å²) in [7, 11) is -4.70. The Kier molecular flexibility index (Phi) is 39.5. The predicted molar refractivity (Wildman–Crippen MR) is 243 cm³/mol. The van der Waals surface area contributed by atoms with Crippen molar-refractivity contribution in [3.05, 3.63) is 122 Å². The Balaban J connectivity index is 4.65. The number of carbonyl (C=O) groups is 2. The fourth-order valence-electron chi connectivity index (χ4n) is 4.86. The molecule has 0 radical (unpaired) electrons. The first kappa shape index (κ1) is 56.3. The van der Waals surface area contributed by atoms with E-state index in [1.165, 1.54) is 19.3 Å². The highest BCUT2D eigenvalue weighted by Gasteiger charge is 2.27. The van der Waals surface area contributed by atoms with E-state index < -0.39 is 64.5 Å². The normalized spacial score (nSPS) is 15.5. The van der Waals surface area contributed by atoms with Crippen molar-refractivity contribution in [3.8, 4) is 0 Å². The molecule has 0 saturated heterocycles. The quantitative estimate of drug-likeness (QED) is 0.0153. The SMILES string of the molecule is CC/C=C\C/C=C\C/C=C\C/C=C\C/C=C\C=C/C(O)CCC(=O)OC[C@H](COP(=O)(O)OC[C@@H](O)CO)OC(=O)CCC/C=C\C/C=C\C/C=C\C/C=C\CCCCC. The molecule has 60 heavy (non-hydrogen) atoms. The van der Waals surface area contributed by atoms with E-state index in [4.69, 9.17) is 19.1 Å². The number of rotatable bonds is 38. The lowest BCUT2D eigenvalue weighted by atomic mass is 10.2. The fourth-order valence-corrected chi connectivity index (χ4v) is 5.65. The number of aliphatic hydroxyl groups is 3. The van der Waals surface area contributed by atoms with Gasteiger partial charge in [-0.3, -0.25) is 18.6 Å². The van der Waals surface area contributed by atoms with E-state index >= 15 is 0 Å². The summed E-state index contributed by atoms with van der Waals surface area (Å²) in [6, 6.07) is 0. The van der Waals surface area contributed by atoms with Crippen LogP contribution in [0, 0.1) is 0 Å². The van der Waals surface area contributed by atoms with Crippen LogP contribution in [0.15, 0.2) is 122 Å². The van der Waals surface area contributed by atoms with Gasteiger partial charge >= 0.3 is 19.8 Å². The standard InChI is InChI=1S/C48H75O11P/c1-3-5-7-9-11-13-15-17-19-21-23-25-27-29-31-33-35-37-48(53)59-46(43-58-60(54,55)57-41-45(51)40-49)42-56-47(52)39-38-44(50)36-34-32-30-28-26-24-22-20-18-16-14-12-10-8-6-4-2/h6,8,11-14,17-20,23-26,29-32,34,36,44-46,49-51H,3-5,7,9-10,15-16,21-22,27-28,33,35,37-43H2,1-2H3,(H,54,55)/b8-6-,13-11-,14-12-,19-17-,20-18-,25-23-,26-24-,31-29-,32-30-,36-34-/t44?,45-,46+/m0/s1. The molecular formula is C48H75O11P. The molecule has 2 unspecified atom stereocenters. The lowest BCUT2D eigenvalue weighted by Gasteiger charge is -2.20. The van der Waals surface area contributed by atoms with Gasteiger partial charge in [-0.25, -0.2) is 4.57 Å². The van der Waals surface area contributed by atoms with E-state index in [2.05, 4.69) is 103 Å². The molecule has 0 aromatic heterocycles. The van der Waals surface area contributed by atoms with E-state index in [0.717, 1.165) is 57.8 Å². The van der Waals surface area contributed by atoms with Crippen molar-refractivity contribution in [2.45, 2.75) is 141 Å². The maximum atomic E-state index is 12.6. The molecule has 12 heteroatoms. The highest BCUT2D eigenvalue weighted by atomic mass is 31.2. The monoisotopic (exact) mass is 859 g/mol. The number of unbranched alkanes of at least 4 members (excludes halogenated alkanes) is 4. The summed E-state index contributed by atoms with van der Waals surface area (Å²) in [6.07, 6.45) is 50.7. The van der Waals surface area contributed by atoms with Crippen LogP contribution in [0.1, 0.15) is 123 Å². The second-order valence-electron chi connectivity index (χ2n) is 13.8. The Bertz CT molecular complexity index is 1420. The zero-order valence-corrected chi connectivity index (χ0v) is 37.1. The largest absolute Gasteiger partial charge is 0.472 e. The summed E-state index contributed by atoms with van der Waals surface area (Å²) < 4.78 is 32.4. The van der Waals surface area contributed by atoms with E-state index in [0.29, 0.717) is 12.8 Å². The number of esters is 2. The van der Waals surface area contributed by atoms with Crippen LogP contribution < -0.4 is 0 Å². The van der Waals surface area contributed by atoms with Crippen LogP contribution >= 0.6 is 7.82 Å². The summed E-state index contributed by atoms with van der Waals surface area (Å²) in [5.41, 5.74) is 0. The number of aliphatic hydroxyl groups excluding tert-OH is 3. The minimum absolute atomic E-state index is 0.0505. The molecule has 4 atom stereocenters. The van der Waals surface area contributed by atoms with Crippen LogP contribution in [0.2, 0.25) is 0 Å². The number of carbonyl (C=O) groups excluding carboxylic acids is 2. The summed E-state index contributed by atoms with van der Waals surface area (Å²) >= 11 is 0. The van der Waals surface area contributed by atoms with Crippen molar-refractivity contribution < 1.29 is 52.9 Å². The third kappa shape index (κ3) is 41.1. The Morgan fingerprint density at radius 1 is 0.583 bits per heavy atom. The third-order valence-corrected chi connectivity index (χ3v) is 9.17. The molecule has 0 aromatic rings. The van der Waals surface area contributed by atoms with Crippen LogP contribution in [0.4, 0.5) is 0 Å². The fraction of sp³-hybridized carbons (Fsp3) is 0.542. The van der Waals surface area contributed by atoms with E-state index in [1.54, 1.807) is 12.2 Å². The van der Waals surface area contributed by atoms with E-state index in [1.807, 2.05) is 24.3 Å². The van der Waals surface area contributed by atoms with Gasteiger partial charge in [0.05, 0.1) is 25.9 Å². The van der Waals surface area contributed by atoms with Crippen molar-refractivity contribution in [2.75, 3.05) is 26.4 Å². The van der Waals surface area contributed by atoms with Crippen LogP contribution in [0.5, 0.6) is 0 Å². The lowest BCUT2D eigenvalue weighted by Crippen LogP contribution is -2.30. The molecule has 338 valence electrons. The number of phosphoric acid groups is 1. The minimum atomic E-state index is -4.70. The van der Waals surface area contributed by atoms with Gasteiger partial charge in [0.1, 0.15) is 12.7 Å². The Morgan fingerprint density at radius 3 is 1.62 bits per heavy atom. The third-order valence-electron chi connectivity index (χ3n) is 8.22. The van der Waals surface area contributed by atoms with Crippen LogP contribution in [0.25, 0.3) is 0 Å². The van der Waals surface area contributed by atoms with E-state index in [-0.39, 0.29) is 19.3 Å². The molecular weight excluding hydrogens is 783 g/mol. The first-order valence-electron chi connectivity index (χ1n) is 21.6. The summed E-state index contributed by atoms with van der Waals surface area (Å²) in [6.45, 7) is 1.87. The minimum Gasteiger partial charge on any atom is -0.462 e. The average molecular weight is 859 g/mol. The molecule has 11 nitrogen and oxygen atoms in total. The molecule has 0 aliphatic rings. The van der Waals surface area contributed by atoms with Gasteiger partial charge in [-0.15, -0.1) is 0 Å². The van der Waals surface area contributed by atoms with Gasteiger partial charge < -0.3 is 29.7 Å². The van der Waals surface area contributed by atoms with Gasteiger partial charge in [-0.1, -0.05) is 148 Å². The molecule has 0 fully saturated rings. The summed E-state index contributed by atoms with van der Waals surface area (Å²) in [5.74, 6) is -1.29. The Labute approximate surface area is 360 Å². The highest BCUT2D eigenvalue weighted by molar-refractivity contribution is 7.47. The summed E-state index contributed by atoms with van der Waals surface area (Å²) in [4.78, 5) is 35.0. The molecule has 0 bridgehead atoms. The molecule has 0 aliphatic carbocycles. The van der Waals surface area contributed by atoms with Crippen LogP contribution in [-0.4, -0.2) is 76.9 Å². The molecule has 0 spiro atoms. The highest BCUT2D eigenvalue weighted by Crippen LogP contribution is 2.43. The van der Waals surface area contributed by atoms with E-state index in [9.17, 15) is 29.3 Å². The number of phosphoric ester groups is 1. The number of allylic oxidation sites excluding steroid dienone is 19. The first-order chi connectivity index (χ1) is 29.1. The zero-order chi connectivity index (χ0) is 44.2. The van der Waals surface area contributed by atoms with Crippen molar-refractivity contribution >= 4 is 19.8 Å². The zero-order valence-electron chi connectivity index (χ0n) is 36.2. The maximum absolute atomic E-state index is 12.6. The van der Waals surface area contributed by atoms with Gasteiger partial charge in [0.25, 0.3) is 0 Å². The number of hydrogen-bond acceptors (Lipinski definition) is 10. The molecule has 4 N–H and O–H groups in total. The first-order valence-corrected chi connectivity index (χ1v) is 23.1. The molecule has 0 amide bonds. The van der Waals surface area contributed by atoms with Gasteiger partial charge in [0, 0.05) is 12.8 Å². The Morgan fingerprint density at radius 2 is 1.08 bits per heavy atom. The number of ether oxygens (including phenoxy) is 2. The molecule has 0 saturated carbocycles. The van der Waals surface area contributed by atoms with Crippen LogP contribution in [-0.2, 0) is 32.7 Å². The summed E-state index contributed by atoms with van der Waals surface area (Å²) in [5, 5.41) is 28.6. The Hall–Kier alpha value is -3.67. The average Bonchev–Trinajstić information content (AvgIpc) is 3.23. The van der Waals surface area contributed by atoms with Gasteiger partial charge in [-0.05, 0) is 83.5 Å². The van der Waals surface area contributed by atoms with Gasteiger partial charge in [0.2, 0.25) is 0 Å². The van der Waals surface area contributed by atoms with Crippen molar-refractivity contribution in [3.63, 3.8) is 0 Å². The predicted octanol–water partition coefficient (Wildman–Crippen LogP) is 10.5. The molecule has 0 rings (SSSR count). The second-order valence-corrected chi connectivity index (χ2v) is 15.3. The maximum Gasteiger partial charge on any atom is 0.472 e. The molecule has 0 aliphatic heterocycles. The van der Waals surface area contributed by atoms with Crippen molar-refractivity contribution in [1.29, 1.82) is 0 Å². The number of hydrogen-bond donors (Lipinski definition) is 4. The van der Waals surface area contributed by atoms with Gasteiger partial charge in [0.15, 0.2) is 6.10 Å². The molecule has 0 heterocycles. The van der Waals surface area contributed by atoms with Crippen molar-refractivity contribution in [2.24, 2.45) is 0 Å². The molecule has 0 aromatic carbocycles. The smallest absolute Gasteiger partial charge is 0.462 e. The van der Waals surface area contributed by atoms with Crippen molar-refractivity contribution in [1.82, 2.24) is 0 Å². The van der Waals surface area contributed by atoms with Gasteiger partial charge in [-0.2, -0.15) is 0 Å². The topological polar surface area (TPSA) is 169 Å². The lowest BCUT2D eigenvalue weighted by molar-refractivity contribution is -0.161.